The van der Waals surface area contributed by atoms with Gasteiger partial charge in [-0.05, 0) is 32.4 Å². The van der Waals surface area contributed by atoms with E-state index in [1.165, 1.54) is 11.3 Å². The van der Waals surface area contributed by atoms with Gasteiger partial charge in [-0.3, -0.25) is 4.79 Å². The predicted molar refractivity (Wildman–Crippen MR) is 107 cm³/mol. The lowest BCUT2D eigenvalue weighted by Gasteiger charge is -2.26. The smallest absolute Gasteiger partial charge is 0.322 e. The molecule has 0 atom stereocenters. The molecule has 0 aliphatic rings. The normalized spacial score (nSPS) is 10.7. The molecule has 1 aromatic carbocycles. The Bertz CT molecular complexity index is 734. The number of nitrogens with zero attached hydrogens (tertiary/aromatic N) is 2. The van der Waals surface area contributed by atoms with Crippen LogP contribution in [-0.4, -0.2) is 48.1 Å². The molecule has 8 heteroatoms. The van der Waals surface area contributed by atoms with Gasteiger partial charge in [-0.2, -0.15) is 0 Å². The fourth-order valence-corrected chi connectivity index (χ4v) is 3.12. The Kier molecular flexibility index (Phi) is 8.22. The van der Waals surface area contributed by atoms with Gasteiger partial charge < -0.3 is 20.3 Å². The lowest BCUT2D eigenvalue weighted by molar-refractivity contribution is 0.0944. The van der Waals surface area contributed by atoms with Crippen molar-refractivity contribution in [3.63, 3.8) is 0 Å². The molecule has 0 spiro atoms. The second-order valence-corrected chi connectivity index (χ2v) is 7.19. The number of carbonyl (C=O) groups excluding carboxylic acids is 2. The summed E-state index contributed by atoms with van der Waals surface area (Å²) in [6, 6.07) is 9.10. The van der Waals surface area contributed by atoms with E-state index in [0.717, 1.165) is 12.1 Å². The van der Waals surface area contributed by atoms with Crippen LogP contribution in [-0.2, 0) is 11.3 Å². The first kappa shape index (κ1) is 20.9. The van der Waals surface area contributed by atoms with Gasteiger partial charge in [-0.1, -0.05) is 18.2 Å². The third kappa shape index (κ3) is 6.65. The third-order valence-corrected chi connectivity index (χ3v) is 4.64. The molecule has 0 unspecified atom stereocenters. The van der Waals surface area contributed by atoms with Gasteiger partial charge in [-0.15, -0.1) is 11.3 Å². The third-order valence-electron chi connectivity index (χ3n) is 3.81. The number of rotatable bonds is 9. The van der Waals surface area contributed by atoms with Crippen molar-refractivity contribution in [1.82, 2.24) is 15.2 Å². The second kappa shape index (κ2) is 10.6. The van der Waals surface area contributed by atoms with Crippen LogP contribution in [0.3, 0.4) is 0 Å². The van der Waals surface area contributed by atoms with Crippen molar-refractivity contribution in [3.8, 4) is 0 Å². The number of aromatic nitrogens is 1. The molecule has 7 nitrogen and oxygen atoms in total. The Balaban J connectivity index is 1.95. The van der Waals surface area contributed by atoms with Crippen molar-refractivity contribution in [2.75, 3.05) is 25.6 Å². The van der Waals surface area contributed by atoms with E-state index >= 15 is 0 Å². The van der Waals surface area contributed by atoms with E-state index < -0.39 is 0 Å². The van der Waals surface area contributed by atoms with Crippen molar-refractivity contribution in [3.05, 3.63) is 46.4 Å². The van der Waals surface area contributed by atoms with Crippen LogP contribution in [0.2, 0.25) is 0 Å². The van der Waals surface area contributed by atoms with Crippen LogP contribution in [0.1, 0.15) is 35.8 Å². The molecular formula is C19H26N4O3S. The maximum absolute atomic E-state index is 12.6. The number of hydrogen-bond acceptors (Lipinski definition) is 5. The Morgan fingerprint density at radius 2 is 2.00 bits per heavy atom. The van der Waals surface area contributed by atoms with E-state index in [0.29, 0.717) is 30.4 Å². The SMILES string of the molecule is COCCCNC(=O)c1csc(CN(C(=O)Nc2ccccc2)C(C)C)n1. The monoisotopic (exact) mass is 390 g/mol. The summed E-state index contributed by atoms with van der Waals surface area (Å²) >= 11 is 1.37. The quantitative estimate of drug-likeness (QED) is 0.643. The number of carbonyl (C=O) groups is 2. The summed E-state index contributed by atoms with van der Waals surface area (Å²) in [4.78, 5) is 30.8. The Morgan fingerprint density at radius 3 is 2.67 bits per heavy atom. The zero-order valence-corrected chi connectivity index (χ0v) is 16.7. The van der Waals surface area contributed by atoms with Crippen LogP contribution >= 0.6 is 11.3 Å². The molecule has 0 saturated carbocycles. The van der Waals surface area contributed by atoms with E-state index in [4.69, 9.17) is 4.74 Å². The molecule has 27 heavy (non-hydrogen) atoms. The second-order valence-electron chi connectivity index (χ2n) is 6.25. The molecule has 0 saturated heterocycles. The molecule has 3 amide bonds. The first-order valence-electron chi connectivity index (χ1n) is 8.85. The molecular weight excluding hydrogens is 364 g/mol. The fraction of sp³-hybridized carbons (Fsp3) is 0.421. The first-order chi connectivity index (χ1) is 13.0. The molecule has 0 fully saturated rings. The molecule has 0 aliphatic carbocycles. The van der Waals surface area contributed by atoms with Crippen LogP contribution < -0.4 is 10.6 Å². The average molecular weight is 391 g/mol. The lowest BCUT2D eigenvalue weighted by Crippen LogP contribution is -2.39. The summed E-state index contributed by atoms with van der Waals surface area (Å²) in [6.45, 7) is 5.38. The molecule has 2 aromatic rings. The van der Waals surface area contributed by atoms with Crippen molar-refractivity contribution < 1.29 is 14.3 Å². The van der Waals surface area contributed by atoms with Gasteiger partial charge in [0.1, 0.15) is 10.7 Å². The van der Waals surface area contributed by atoms with E-state index in [9.17, 15) is 9.59 Å². The topological polar surface area (TPSA) is 83.6 Å². The summed E-state index contributed by atoms with van der Waals surface area (Å²) in [5, 5.41) is 8.13. The van der Waals surface area contributed by atoms with Gasteiger partial charge in [0, 0.05) is 37.4 Å². The summed E-state index contributed by atoms with van der Waals surface area (Å²) < 4.78 is 4.96. The van der Waals surface area contributed by atoms with Crippen molar-refractivity contribution in [1.29, 1.82) is 0 Å². The predicted octanol–water partition coefficient (Wildman–Crippen LogP) is 3.35. The average Bonchev–Trinajstić information content (AvgIpc) is 3.12. The van der Waals surface area contributed by atoms with Gasteiger partial charge in [0.2, 0.25) is 0 Å². The van der Waals surface area contributed by atoms with Gasteiger partial charge in [0.05, 0.1) is 6.54 Å². The van der Waals surface area contributed by atoms with Crippen molar-refractivity contribution in [2.24, 2.45) is 0 Å². The molecule has 1 aromatic heterocycles. The number of benzene rings is 1. The lowest BCUT2D eigenvalue weighted by atomic mass is 10.3. The number of para-hydroxylation sites is 1. The highest BCUT2D eigenvalue weighted by Gasteiger charge is 2.20. The maximum Gasteiger partial charge on any atom is 0.322 e. The van der Waals surface area contributed by atoms with Crippen LogP contribution in [0.4, 0.5) is 10.5 Å². The minimum absolute atomic E-state index is 0.0102. The molecule has 0 bridgehead atoms. The van der Waals surface area contributed by atoms with Crippen molar-refractivity contribution in [2.45, 2.75) is 32.9 Å². The van der Waals surface area contributed by atoms with Gasteiger partial charge in [0.25, 0.3) is 5.91 Å². The number of urea groups is 1. The number of ether oxygens (including phenoxy) is 1. The van der Waals surface area contributed by atoms with Gasteiger partial charge >= 0.3 is 6.03 Å². The highest BCUT2D eigenvalue weighted by molar-refractivity contribution is 7.09. The van der Waals surface area contributed by atoms with E-state index in [-0.39, 0.29) is 18.0 Å². The zero-order valence-electron chi connectivity index (χ0n) is 15.9. The van der Waals surface area contributed by atoms with Crippen LogP contribution in [0.25, 0.3) is 0 Å². The summed E-state index contributed by atoms with van der Waals surface area (Å²) in [5.41, 5.74) is 1.11. The van der Waals surface area contributed by atoms with Gasteiger partial charge in [0.15, 0.2) is 0 Å². The highest BCUT2D eigenvalue weighted by atomic mass is 32.1. The van der Waals surface area contributed by atoms with Crippen LogP contribution in [0, 0.1) is 0 Å². The largest absolute Gasteiger partial charge is 0.385 e. The van der Waals surface area contributed by atoms with Gasteiger partial charge in [-0.25, -0.2) is 9.78 Å². The first-order valence-corrected chi connectivity index (χ1v) is 9.73. The minimum Gasteiger partial charge on any atom is -0.385 e. The van der Waals surface area contributed by atoms with Crippen molar-refractivity contribution >= 4 is 29.0 Å². The number of amides is 3. The molecule has 146 valence electrons. The molecule has 1 heterocycles. The van der Waals surface area contributed by atoms with E-state index in [1.54, 1.807) is 17.4 Å². The molecule has 2 rings (SSSR count). The maximum atomic E-state index is 12.6. The number of methoxy groups -OCH3 is 1. The van der Waals surface area contributed by atoms with E-state index in [2.05, 4.69) is 15.6 Å². The standard InChI is InChI=1S/C19H26N4O3S/c1-14(2)23(19(25)21-15-8-5-4-6-9-15)12-17-22-16(13-27-17)18(24)20-10-7-11-26-3/h4-6,8-9,13-14H,7,10-12H2,1-3H3,(H,20,24)(H,21,25). The summed E-state index contributed by atoms with van der Waals surface area (Å²) in [7, 11) is 1.63. The Hall–Kier alpha value is -2.45. The van der Waals surface area contributed by atoms with Crippen LogP contribution in [0.5, 0.6) is 0 Å². The summed E-state index contributed by atoms with van der Waals surface area (Å²) in [6.07, 6.45) is 0.750. The molecule has 0 aliphatic heterocycles. The number of thiazole rings is 1. The molecule has 2 N–H and O–H groups in total. The molecule has 0 radical (unpaired) electrons. The highest BCUT2D eigenvalue weighted by Crippen LogP contribution is 2.16. The number of nitrogens with one attached hydrogen (secondary N) is 2. The Labute approximate surface area is 163 Å². The van der Waals surface area contributed by atoms with Crippen LogP contribution in [0.15, 0.2) is 35.7 Å². The number of hydrogen-bond donors (Lipinski definition) is 2. The van der Waals surface area contributed by atoms with E-state index in [1.807, 2.05) is 44.2 Å². The minimum atomic E-state index is -0.210. The Morgan fingerprint density at radius 1 is 1.26 bits per heavy atom. The number of anilines is 1. The fourth-order valence-electron chi connectivity index (χ4n) is 2.35. The zero-order chi connectivity index (χ0) is 19.6. The summed E-state index contributed by atoms with van der Waals surface area (Å²) in [5.74, 6) is -0.210.